The third kappa shape index (κ3) is 3.91. The molecule has 1 atom stereocenters. The molecule has 8 heteroatoms. The minimum absolute atomic E-state index is 0.0213. The number of fused-ring (bicyclic) bond motifs is 1. The third-order valence-electron chi connectivity index (χ3n) is 5.94. The van der Waals surface area contributed by atoms with Crippen LogP contribution < -0.4 is 14.4 Å². The van der Waals surface area contributed by atoms with Crippen molar-refractivity contribution in [2.45, 2.75) is 13.0 Å². The molecule has 0 spiro atoms. The van der Waals surface area contributed by atoms with Crippen LogP contribution in [0.25, 0.3) is 16.0 Å². The summed E-state index contributed by atoms with van der Waals surface area (Å²) >= 11 is 1.32. The molecule has 1 amide bonds. The van der Waals surface area contributed by atoms with Gasteiger partial charge in [-0.15, -0.1) is 0 Å². The quantitative estimate of drug-likeness (QED) is 0.236. The second-order valence-electron chi connectivity index (χ2n) is 8.15. The Morgan fingerprint density at radius 1 is 0.971 bits per heavy atom. The molecule has 0 aliphatic carbocycles. The van der Waals surface area contributed by atoms with Gasteiger partial charge < -0.3 is 14.6 Å². The standard InChI is InChI=1S/C27H22N2O5S/c1-15-10-11-20-21(12-15)35-27(28-20)29-23(16-6-4-8-18(13-16)33-2)22(25(31)26(29)32)24(30)17-7-5-9-19(14-17)34-3/h4-14,23,30H,1-3H3/b24-22+/t23-/m0/s1. The fourth-order valence-corrected chi connectivity index (χ4v) is 5.30. The minimum Gasteiger partial charge on any atom is -0.507 e. The van der Waals surface area contributed by atoms with Gasteiger partial charge in [0.15, 0.2) is 5.13 Å². The number of hydrogen-bond donors (Lipinski definition) is 1. The number of anilines is 1. The van der Waals surface area contributed by atoms with Crippen molar-refractivity contribution in [2.24, 2.45) is 0 Å². The Morgan fingerprint density at radius 3 is 2.43 bits per heavy atom. The van der Waals surface area contributed by atoms with Gasteiger partial charge in [0.25, 0.3) is 5.78 Å². The summed E-state index contributed by atoms with van der Waals surface area (Å²) in [7, 11) is 3.06. The lowest BCUT2D eigenvalue weighted by Gasteiger charge is -2.23. The van der Waals surface area contributed by atoms with Gasteiger partial charge >= 0.3 is 5.91 Å². The number of nitrogens with zero attached hydrogens (tertiary/aromatic N) is 2. The summed E-state index contributed by atoms with van der Waals surface area (Å²) in [5.74, 6) is -0.738. The molecule has 5 rings (SSSR count). The lowest BCUT2D eigenvalue weighted by Crippen LogP contribution is -2.29. The molecular weight excluding hydrogens is 464 g/mol. The number of ketones is 1. The molecule has 2 heterocycles. The topological polar surface area (TPSA) is 89.0 Å². The molecular formula is C27H22N2O5S. The zero-order valence-corrected chi connectivity index (χ0v) is 20.1. The highest BCUT2D eigenvalue weighted by molar-refractivity contribution is 7.22. The number of aromatic nitrogens is 1. The van der Waals surface area contributed by atoms with Crippen molar-refractivity contribution < 1.29 is 24.2 Å². The van der Waals surface area contributed by atoms with E-state index in [0.717, 1.165) is 15.8 Å². The van der Waals surface area contributed by atoms with E-state index >= 15 is 0 Å². The maximum absolute atomic E-state index is 13.4. The number of aliphatic hydroxyl groups excluding tert-OH is 1. The number of hydrogen-bond acceptors (Lipinski definition) is 7. The number of aryl methyl sites for hydroxylation is 1. The fourth-order valence-electron chi connectivity index (χ4n) is 4.21. The van der Waals surface area contributed by atoms with E-state index in [1.807, 2.05) is 25.1 Å². The zero-order chi connectivity index (χ0) is 24.7. The molecule has 1 aliphatic heterocycles. The highest BCUT2D eigenvalue weighted by atomic mass is 32.1. The maximum atomic E-state index is 13.4. The summed E-state index contributed by atoms with van der Waals surface area (Å²) < 4.78 is 11.6. The number of ether oxygens (including phenoxy) is 2. The number of rotatable bonds is 5. The molecule has 35 heavy (non-hydrogen) atoms. The number of Topliss-reactive ketones (excluding diaryl/α,β-unsaturated/α-hetero) is 1. The van der Waals surface area contributed by atoms with Gasteiger partial charge in [-0.05, 0) is 54.4 Å². The number of carbonyl (C=O) groups excluding carboxylic acids is 2. The third-order valence-corrected chi connectivity index (χ3v) is 6.95. The van der Waals surface area contributed by atoms with Crippen molar-refractivity contribution >= 4 is 44.1 Å². The Balaban J connectivity index is 1.74. The van der Waals surface area contributed by atoms with Crippen LogP contribution in [0.2, 0.25) is 0 Å². The molecule has 0 radical (unpaired) electrons. The second-order valence-corrected chi connectivity index (χ2v) is 9.15. The van der Waals surface area contributed by atoms with Crippen molar-refractivity contribution in [2.75, 3.05) is 19.1 Å². The molecule has 1 saturated heterocycles. The van der Waals surface area contributed by atoms with E-state index in [0.29, 0.717) is 27.8 Å². The Kier molecular flexibility index (Phi) is 5.74. The monoisotopic (exact) mass is 486 g/mol. The number of carbonyl (C=O) groups is 2. The van der Waals surface area contributed by atoms with Crippen LogP contribution in [-0.4, -0.2) is 36.0 Å². The molecule has 0 unspecified atom stereocenters. The lowest BCUT2D eigenvalue weighted by atomic mass is 9.95. The summed E-state index contributed by atoms with van der Waals surface area (Å²) in [5, 5.41) is 11.7. The summed E-state index contributed by atoms with van der Waals surface area (Å²) in [4.78, 5) is 32.8. The van der Waals surface area contributed by atoms with Gasteiger partial charge in [-0.2, -0.15) is 0 Å². The smallest absolute Gasteiger partial charge is 0.301 e. The lowest BCUT2D eigenvalue weighted by molar-refractivity contribution is -0.132. The molecule has 1 N–H and O–H groups in total. The number of amides is 1. The van der Waals surface area contributed by atoms with Gasteiger partial charge in [0.1, 0.15) is 17.3 Å². The van der Waals surface area contributed by atoms with Crippen LogP contribution in [0.3, 0.4) is 0 Å². The number of methoxy groups -OCH3 is 2. The van der Waals surface area contributed by atoms with E-state index in [1.165, 1.54) is 23.3 Å². The Labute approximate surface area is 205 Å². The summed E-state index contributed by atoms with van der Waals surface area (Å²) in [6.07, 6.45) is 0. The van der Waals surface area contributed by atoms with Crippen molar-refractivity contribution in [3.63, 3.8) is 0 Å². The average molecular weight is 487 g/mol. The normalized spacial score (nSPS) is 17.2. The summed E-state index contributed by atoms with van der Waals surface area (Å²) in [6.45, 7) is 1.98. The first-order valence-corrected chi connectivity index (χ1v) is 11.7. The second kappa shape index (κ2) is 8.88. The molecule has 4 aromatic rings. The van der Waals surface area contributed by atoms with Crippen LogP contribution in [-0.2, 0) is 9.59 Å². The first-order chi connectivity index (χ1) is 16.9. The average Bonchev–Trinajstić information content (AvgIpc) is 3.41. The van der Waals surface area contributed by atoms with Crippen molar-refractivity contribution in [3.8, 4) is 11.5 Å². The van der Waals surface area contributed by atoms with E-state index in [-0.39, 0.29) is 11.3 Å². The molecule has 176 valence electrons. The molecule has 3 aromatic carbocycles. The van der Waals surface area contributed by atoms with E-state index in [2.05, 4.69) is 4.98 Å². The van der Waals surface area contributed by atoms with Crippen LogP contribution in [0.5, 0.6) is 11.5 Å². The van der Waals surface area contributed by atoms with Crippen LogP contribution in [0.4, 0.5) is 5.13 Å². The highest BCUT2D eigenvalue weighted by Gasteiger charge is 2.48. The van der Waals surface area contributed by atoms with Gasteiger partial charge in [0.2, 0.25) is 0 Å². The molecule has 1 aliphatic rings. The number of thiazole rings is 1. The predicted molar refractivity (Wildman–Crippen MR) is 135 cm³/mol. The number of benzene rings is 3. The van der Waals surface area contributed by atoms with E-state index in [9.17, 15) is 14.7 Å². The van der Waals surface area contributed by atoms with Crippen molar-refractivity contribution in [1.82, 2.24) is 4.98 Å². The molecule has 0 saturated carbocycles. The van der Waals surface area contributed by atoms with Crippen LogP contribution >= 0.6 is 11.3 Å². The highest BCUT2D eigenvalue weighted by Crippen LogP contribution is 2.45. The van der Waals surface area contributed by atoms with E-state index in [4.69, 9.17) is 9.47 Å². The SMILES string of the molecule is COc1cccc(/C(O)=C2\C(=O)C(=O)N(c3nc4ccc(C)cc4s3)[C@H]2c2cccc(OC)c2)c1. The zero-order valence-electron chi connectivity index (χ0n) is 19.3. The molecule has 1 fully saturated rings. The van der Waals surface area contributed by atoms with Crippen molar-refractivity contribution in [3.05, 3.63) is 89.0 Å². The predicted octanol–water partition coefficient (Wildman–Crippen LogP) is 5.25. The Bertz CT molecular complexity index is 1510. The molecule has 1 aromatic heterocycles. The summed E-state index contributed by atoms with van der Waals surface area (Å²) in [5.41, 5.74) is 2.76. The van der Waals surface area contributed by atoms with Gasteiger partial charge in [-0.1, -0.05) is 41.7 Å². The Hall–Kier alpha value is -4.17. The van der Waals surface area contributed by atoms with E-state index in [1.54, 1.807) is 55.6 Å². The molecule has 0 bridgehead atoms. The minimum atomic E-state index is -0.891. The van der Waals surface area contributed by atoms with Gasteiger partial charge in [-0.25, -0.2) is 4.98 Å². The van der Waals surface area contributed by atoms with Crippen LogP contribution in [0.1, 0.15) is 22.7 Å². The maximum Gasteiger partial charge on any atom is 0.301 e. The first kappa shape index (κ1) is 22.6. The van der Waals surface area contributed by atoms with Gasteiger partial charge in [0, 0.05) is 5.56 Å². The number of aliphatic hydroxyl groups is 1. The van der Waals surface area contributed by atoms with Crippen LogP contribution in [0, 0.1) is 6.92 Å². The van der Waals surface area contributed by atoms with Crippen LogP contribution in [0.15, 0.2) is 72.3 Å². The fraction of sp³-hybridized carbons (Fsp3) is 0.148. The summed E-state index contributed by atoms with van der Waals surface area (Å²) in [6, 6.07) is 18.8. The van der Waals surface area contributed by atoms with Gasteiger partial charge in [0.05, 0.1) is 36.1 Å². The van der Waals surface area contributed by atoms with Gasteiger partial charge in [-0.3, -0.25) is 14.5 Å². The van der Waals surface area contributed by atoms with Crippen molar-refractivity contribution in [1.29, 1.82) is 0 Å². The largest absolute Gasteiger partial charge is 0.507 e. The Morgan fingerprint density at radius 2 is 1.69 bits per heavy atom. The first-order valence-electron chi connectivity index (χ1n) is 10.9. The van der Waals surface area contributed by atoms with E-state index < -0.39 is 17.7 Å². The molecule has 7 nitrogen and oxygen atoms in total.